The van der Waals surface area contributed by atoms with Gasteiger partial charge in [-0.1, -0.05) is 58.1 Å². The van der Waals surface area contributed by atoms with Gasteiger partial charge in [0.1, 0.15) is 0 Å². The zero-order valence-corrected chi connectivity index (χ0v) is 14.2. The predicted molar refractivity (Wildman–Crippen MR) is 89.8 cm³/mol. The largest absolute Gasteiger partial charge is 0.449 e. The number of allylic oxidation sites excluding steroid dienone is 3. The number of hydrogen-bond acceptors (Lipinski definition) is 2. The predicted octanol–water partition coefficient (Wildman–Crippen LogP) is 4.91. The van der Waals surface area contributed by atoms with E-state index in [0.717, 1.165) is 17.9 Å². The highest BCUT2D eigenvalue weighted by atomic mass is 16.5. The number of carbonyl (C=O) groups excluding carboxylic acids is 1. The quantitative estimate of drug-likeness (QED) is 0.261. The van der Waals surface area contributed by atoms with Crippen LogP contribution in [0.4, 0.5) is 0 Å². The van der Waals surface area contributed by atoms with Crippen LogP contribution in [0.25, 0.3) is 0 Å². The number of rotatable bonds is 9. The Morgan fingerprint density at radius 3 is 2.57 bits per heavy atom. The Hall–Kier alpha value is -1.49. The van der Waals surface area contributed by atoms with Crippen molar-refractivity contribution in [1.29, 1.82) is 0 Å². The second kappa shape index (κ2) is 12.3. The minimum atomic E-state index is -0.329. The zero-order valence-electron chi connectivity index (χ0n) is 14.2. The van der Waals surface area contributed by atoms with Gasteiger partial charge in [0, 0.05) is 6.08 Å². The molecule has 1 unspecified atom stereocenters. The molecule has 0 spiro atoms. The molecule has 0 aliphatic heterocycles. The Kier molecular flexibility index (Phi) is 11.4. The Morgan fingerprint density at radius 2 is 1.95 bits per heavy atom. The molecule has 0 bridgehead atoms. The first kappa shape index (κ1) is 19.5. The van der Waals surface area contributed by atoms with Crippen LogP contribution in [0.3, 0.4) is 0 Å². The molecule has 0 aromatic heterocycles. The third kappa shape index (κ3) is 13.3. The minimum Gasteiger partial charge on any atom is -0.449 e. The van der Waals surface area contributed by atoms with E-state index in [1.807, 2.05) is 13.0 Å². The van der Waals surface area contributed by atoms with Gasteiger partial charge in [0.25, 0.3) is 0 Å². The summed E-state index contributed by atoms with van der Waals surface area (Å²) in [6, 6.07) is 0. The van der Waals surface area contributed by atoms with Crippen LogP contribution in [-0.2, 0) is 9.53 Å². The Bertz CT molecular complexity index is 405. The highest BCUT2D eigenvalue weighted by molar-refractivity contribution is 5.83. The van der Waals surface area contributed by atoms with E-state index in [1.165, 1.54) is 25.3 Å². The molecule has 0 rings (SSSR count). The van der Waals surface area contributed by atoms with Crippen LogP contribution < -0.4 is 0 Å². The normalized spacial score (nSPS) is 13.1. The van der Waals surface area contributed by atoms with Crippen molar-refractivity contribution in [3.05, 3.63) is 23.8 Å². The molecule has 0 fully saturated rings. The molecule has 118 valence electrons. The van der Waals surface area contributed by atoms with Crippen molar-refractivity contribution in [3.63, 3.8) is 0 Å². The summed E-state index contributed by atoms with van der Waals surface area (Å²) in [4.78, 5) is 11.4. The molecule has 0 aromatic carbocycles. The number of hydrogen-bond donors (Lipinski definition) is 0. The molecule has 0 saturated carbocycles. The van der Waals surface area contributed by atoms with E-state index in [9.17, 15) is 4.79 Å². The van der Waals surface area contributed by atoms with Gasteiger partial charge in [-0.05, 0) is 37.7 Å². The standard InChI is InChI=1S/C19H30O2/c1-6-7-14-21-19(20)15-18(5)13-9-12-17(4)11-8-10-16(2)3/h9,13,15-17H,8,10-12,14H2,1-5H3. The summed E-state index contributed by atoms with van der Waals surface area (Å²) in [6.45, 7) is 10.6. The van der Waals surface area contributed by atoms with Crippen molar-refractivity contribution < 1.29 is 9.53 Å². The first-order chi connectivity index (χ1) is 9.95. The van der Waals surface area contributed by atoms with Gasteiger partial charge < -0.3 is 4.74 Å². The van der Waals surface area contributed by atoms with Gasteiger partial charge in [-0.25, -0.2) is 4.79 Å². The van der Waals surface area contributed by atoms with Crippen LogP contribution in [0.1, 0.15) is 60.3 Å². The fourth-order valence-corrected chi connectivity index (χ4v) is 1.93. The fraction of sp³-hybridized carbons (Fsp3) is 0.632. The summed E-state index contributed by atoms with van der Waals surface area (Å²) in [5.41, 5.74) is 0.916. The lowest BCUT2D eigenvalue weighted by Crippen LogP contribution is -2.01. The molecule has 0 amide bonds. The van der Waals surface area contributed by atoms with Gasteiger partial charge in [-0.15, -0.1) is 5.92 Å². The first-order valence-corrected chi connectivity index (χ1v) is 7.86. The lowest BCUT2D eigenvalue weighted by molar-refractivity contribution is -0.136. The fourth-order valence-electron chi connectivity index (χ4n) is 1.93. The van der Waals surface area contributed by atoms with Crippen molar-refractivity contribution in [2.24, 2.45) is 11.8 Å². The van der Waals surface area contributed by atoms with Gasteiger partial charge in [0.05, 0.1) is 0 Å². The van der Waals surface area contributed by atoms with E-state index < -0.39 is 0 Å². The average Bonchev–Trinajstić information content (AvgIpc) is 2.38. The number of ether oxygens (including phenoxy) is 1. The third-order valence-corrected chi connectivity index (χ3v) is 3.21. The van der Waals surface area contributed by atoms with E-state index in [-0.39, 0.29) is 12.6 Å². The van der Waals surface area contributed by atoms with Gasteiger partial charge >= 0.3 is 5.97 Å². The zero-order chi connectivity index (χ0) is 16.1. The molecule has 2 heteroatoms. The van der Waals surface area contributed by atoms with E-state index in [4.69, 9.17) is 4.74 Å². The van der Waals surface area contributed by atoms with Crippen LogP contribution >= 0.6 is 0 Å². The monoisotopic (exact) mass is 290 g/mol. The van der Waals surface area contributed by atoms with E-state index in [0.29, 0.717) is 5.92 Å². The van der Waals surface area contributed by atoms with Gasteiger partial charge in [0.2, 0.25) is 0 Å². The summed E-state index contributed by atoms with van der Waals surface area (Å²) in [7, 11) is 0. The third-order valence-electron chi connectivity index (χ3n) is 3.21. The second-order valence-corrected chi connectivity index (χ2v) is 5.99. The molecule has 1 atom stereocenters. The number of esters is 1. The van der Waals surface area contributed by atoms with Crippen molar-refractivity contribution in [2.45, 2.75) is 60.3 Å². The highest BCUT2D eigenvalue weighted by Gasteiger charge is 2.01. The lowest BCUT2D eigenvalue weighted by Gasteiger charge is -2.09. The summed E-state index contributed by atoms with van der Waals surface area (Å²) >= 11 is 0. The molecule has 2 nitrogen and oxygen atoms in total. The van der Waals surface area contributed by atoms with E-state index >= 15 is 0 Å². The van der Waals surface area contributed by atoms with Crippen LogP contribution in [0, 0.1) is 23.7 Å². The number of carbonyl (C=O) groups is 1. The van der Waals surface area contributed by atoms with Crippen LogP contribution in [0.15, 0.2) is 23.8 Å². The Morgan fingerprint density at radius 1 is 1.24 bits per heavy atom. The molecular weight excluding hydrogens is 260 g/mol. The van der Waals surface area contributed by atoms with Gasteiger partial charge in [0.15, 0.2) is 6.61 Å². The maximum Gasteiger partial charge on any atom is 0.331 e. The van der Waals surface area contributed by atoms with E-state index in [2.05, 4.69) is 38.7 Å². The Labute approximate surface area is 130 Å². The maximum atomic E-state index is 11.4. The molecule has 0 saturated heterocycles. The van der Waals surface area contributed by atoms with Crippen molar-refractivity contribution >= 4 is 5.97 Å². The van der Waals surface area contributed by atoms with Crippen LogP contribution in [0.5, 0.6) is 0 Å². The molecule has 0 heterocycles. The summed E-state index contributed by atoms with van der Waals surface area (Å²) in [5.74, 6) is 6.54. The summed E-state index contributed by atoms with van der Waals surface area (Å²) < 4.78 is 4.93. The van der Waals surface area contributed by atoms with Gasteiger partial charge in [-0.3, -0.25) is 0 Å². The molecule has 0 aromatic rings. The summed E-state index contributed by atoms with van der Waals surface area (Å²) in [6.07, 6.45) is 10.6. The molecule has 0 radical (unpaired) electrons. The molecule has 21 heavy (non-hydrogen) atoms. The van der Waals surface area contributed by atoms with Crippen molar-refractivity contribution in [3.8, 4) is 11.8 Å². The SMILES string of the molecule is CC#CCOC(=O)C=C(C)C=CCC(C)CCCC(C)C. The lowest BCUT2D eigenvalue weighted by atomic mass is 9.97. The molecule has 0 aliphatic carbocycles. The topological polar surface area (TPSA) is 26.3 Å². The minimum absolute atomic E-state index is 0.162. The first-order valence-electron chi connectivity index (χ1n) is 7.86. The van der Waals surface area contributed by atoms with Crippen LogP contribution in [0.2, 0.25) is 0 Å². The van der Waals surface area contributed by atoms with Crippen molar-refractivity contribution in [1.82, 2.24) is 0 Å². The Balaban J connectivity index is 3.98. The molecule has 0 N–H and O–H groups in total. The molecule has 0 aliphatic rings. The highest BCUT2D eigenvalue weighted by Crippen LogP contribution is 2.15. The van der Waals surface area contributed by atoms with Crippen molar-refractivity contribution in [2.75, 3.05) is 6.61 Å². The maximum absolute atomic E-state index is 11.4. The smallest absolute Gasteiger partial charge is 0.331 e. The van der Waals surface area contributed by atoms with Crippen LogP contribution in [-0.4, -0.2) is 12.6 Å². The summed E-state index contributed by atoms with van der Waals surface area (Å²) in [5, 5.41) is 0. The molecular formula is C19H30O2. The second-order valence-electron chi connectivity index (χ2n) is 5.99. The average molecular weight is 290 g/mol. The van der Waals surface area contributed by atoms with E-state index in [1.54, 1.807) is 6.92 Å². The van der Waals surface area contributed by atoms with Gasteiger partial charge in [-0.2, -0.15) is 0 Å².